The molecule has 2 bridgehead atoms. The van der Waals surface area contributed by atoms with Crippen molar-refractivity contribution in [3.63, 3.8) is 0 Å². The second kappa shape index (κ2) is 14.4. The summed E-state index contributed by atoms with van der Waals surface area (Å²) in [6, 6.07) is 6.81. The quantitative estimate of drug-likeness (QED) is 0.105. The summed E-state index contributed by atoms with van der Waals surface area (Å²) < 4.78 is 47.2. The number of aromatic nitrogens is 4. The van der Waals surface area contributed by atoms with Crippen LogP contribution >= 0.6 is 0 Å². The second-order valence-corrected chi connectivity index (χ2v) is 19.0. The van der Waals surface area contributed by atoms with Gasteiger partial charge in [-0.1, -0.05) is 12.0 Å². The van der Waals surface area contributed by atoms with Crippen molar-refractivity contribution in [2.75, 3.05) is 78.1 Å². The highest BCUT2D eigenvalue weighted by molar-refractivity contribution is 6.18. The largest absolute Gasteiger partial charge is 0.463 e. The molecule has 6 heterocycles. The van der Waals surface area contributed by atoms with E-state index in [2.05, 4.69) is 37.7 Å². The molecule has 12 nitrogen and oxygen atoms in total. The van der Waals surface area contributed by atoms with Crippen LogP contribution in [0.4, 0.5) is 20.3 Å². The standard InChI is InChI=1S/C46H51F2N9O3/c1-5-34-37(47)9-6-27-14-30(52-58)15-35(38(27)34)39-41(48)43-40(36-22-54(3)51-42(36)39)44(57-31-7-8-32(57)21-56(20-31)33-12-26(13-33)23-59-4)50-45(49-43)60-25-46(10-11-46)24-55-18-28-16-53(2)17-29(28)19-55/h1,6,9,14-15,22,26,28-29,31-33H,7-8,10-13,16-21,23-25H2,2-4H3. The fourth-order valence-electron chi connectivity index (χ4n) is 11.8. The van der Waals surface area contributed by atoms with Gasteiger partial charge in [0.15, 0.2) is 5.82 Å². The lowest BCUT2D eigenvalue weighted by atomic mass is 9.79. The van der Waals surface area contributed by atoms with Crippen LogP contribution in [0.3, 0.4) is 0 Å². The molecule has 4 saturated heterocycles. The van der Waals surface area contributed by atoms with E-state index in [1.54, 1.807) is 18.8 Å². The molecule has 14 heteroatoms. The summed E-state index contributed by atoms with van der Waals surface area (Å²) in [6.07, 6.45) is 14.2. The van der Waals surface area contributed by atoms with E-state index in [0.717, 1.165) is 103 Å². The Labute approximate surface area is 348 Å². The Balaban J connectivity index is 1.03. The van der Waals surface area contributed by atoms with E-state index in [4.69, 9.17) is 31.0 Å². The average molecular weight is 816 g/mol. The van der Waals surface area contributed by atoms with Crippen LogP contribution in [0.5, 0.6) is 6.01 Å². The van der Waals surface area contributed by atoms with Crippen LogP contribution in [0.2, 0.25) is 0 Å². The summed E-state index contributed by atoms with van der Waals surface area (Å²) in [5, 5.41) is 10.0. The summed E-state index contributed by atoms with van der Waals surface area (Å²) >= 11 is 0. The molecular formula is C46H51F2N9O3. The third-order valence-electron chi connectivity index (χ3n) is 14.9. The topological polar surface area (TPSA) is 104 Å². The first-order valence-electron chi connectivity index (χ1n) is 21.6. The Kier molecular flexibility index (Phi) is 9.15. The zero-order valence-electron chi connectivity index (χ0n) is 34.5. The highest BCUT2D eigenvalue weighted by Gasteiger charge is 2.49. The van der Waals surface area contributed by atoms with Gasteiger partial charge in [-0.3, -0.25) is 9.58 Å². The predicted octanol–water partition coefficient (Wildman–Crippen LogP) is 6.72. The SMILES string of the molecule is C#Cc1c(F)ccc2cc(N=O)cc(-c3c(F)c4nc(OCC5(CN6CC7CN(C)CC7C6)CC5)nc(N5C6CCC5CN(C5CC(COC)C5)C6)c4c4cn(C)nc34)c12. The lowest BCUT2D eigenvalue weighted by Crippen LogP contribution is -2.59. The number of rotatable bonds is 11. The number of nitroso groups, excluding NO2 is 1. The van der Waals surface area contributed by atoms with Crippen molar-refractivity contribution in [3.8, 4) is 29.5 Å². The van der Waals surface area contributed by atoms with Crippen molar-refractivity contribution in [3.05, 3.63) is 52.6 Å². The molecule has 5 aromatic rings. The normalized spacial score (nSPS) is 27.5. The van der Waals surface area contributed by atoms with Gasteiger partial charge in [-0.2, -0.15) is 15.1 Å². The molecule has 6 aliphatic rings. The van der Waals surface area contributed by atoms with Crippen LogP contribution in [-0.4, -0.2) is 126 Å². The van der Waals surface area contributed by atoms with Crippen LogP contribution in [0.1, 0.15) is 44.1 Å². The Morgan fingerprint density at radius 2 is 1.70 bits per heavy atom. The number of likely N-dealkylation sites (tertiary alicyclic amines) is 3. The van der Waals surface area contributed by atoms with E-state index in [0.29, 0.717) is 51.4 Å². The first-order chi connectivity index (χ1) is 29.1. The van der Waals surface area contributed by atoms with Crippen molar-refractivity contribution in [2.45, 2.75) is 56.7 Å². The number of hydrogen-bond acceptors (Lipinski definition) is 11. The van der Waals surface area contributed by atoms with E-state index >= 15 is 8.78 Å². The van der Waals surface area contributed by atoms with Crippen LogP contribution in [0.25, 0.3) is 43.7 Å². The lowest BCUT2D eigenvalue weighted by Gasteiger charge is -2.49. The molecule has 2 aliphatic carbocycles. The van der Waals surface area contributed by atoms with Gasteiger partial charge in [0.05, 0.1) is 17.6 Å². The minimum Gasteiger partial charge on any atom is -0.463 e. The molecule has 2 saturated carbocycles. The van der Waals surface area contributed by atoms with Gasteiger partial charge in [0.2, 0.25) is 0 Å². The van der Waals surface area contributed by atoms with Crippen LogP contribution in [0.15, 0.2) is 35.6 Å². The molecule has 0 spiro atoms. The zero-order chi connectivity index (χ0) is 41.0. The maximum atomic E-state index is 18.1. The molecule has 4 unspecified atom stereocenters. The molecule has 60 heavy (non-hydrogen) atoms. The van der Waals surface area contributed by atoms with Crippen LogP contribution in [0, 0.1) is 52.1 Å². The van der Waals surface area contributed by atoms with Gasteiger partial charge in [0, 0.05) is 113 Å². The maximum absolute atomic E-state index is 18.1. The number of ether oxygens (including phenoxy) is 2. The molecular weight excluding hydrogens is 765 g/mol. The second-order valence-electron chi connectivity index (χ2n) is 19.0. The van der Waals surface area contributed by atoms with E-state index in [-0.39, 0.29) is 51.4 Å². The third kappa shape index (κ3) is 6.26. The number of hydrogen-bond donors (Lipinski definition) is 0. The number of anilines is 1. The monoisotopic (exact) mass is 815 g/mol. The minimum atomic E-state index is -0.666. The fraction of sp³-hybridized carbons (Fsp3) is 0.543. The molecule has 2 aromatic heterocycles. The molecule has 4 atom stereocenters. The highest BCUT2D eigenvalue weighted by atomic mass is 19.1. The molecule has 4 aliphatic heterocycles. The number of benzene rings is 3. The van der Waals surface area contributed by atoms with E-state index in [1.807, 2.05) is 6.20 Å². The smallest absolute Gasteiger partial charge is 0.319 e. The van der Waals surface area contributed by atoms with Gasteiger partial charge in [-0.25, -0.2) is 8.78 Å². The summed E-state index contributed by atoms with van der Waals surface area (Å²) in [7, 11) is 5.78. The summed E-state index contributed by atoms with van der Waals surface area (Å²) in [5.41, 5.74) is 0.741. The van der Waals surface area contributed by atoms with Crippen LogP contribution in [-0.2, 0) is 11.8 Å². The maximum Gasteiger partial charge on any atom is 0.319 e. The first kappa shape index (κ1) is 38.1. The lowest BCUT2D eigenvalue weighted by molar-refractivity contribution is 0.0199. The summed E-state index contributed by atoms with van der Waals surface area (Å²) in [6.45, 7) is 8.56. The van der Waals surface area contributed by atoms with Gasteiger partial charge in [0.25, 0.3) is 0 Å². The number of aryl methyl sites for hydroxylation is 1. The Morgan fingerprint density at radius 1 is 0.950 bits per heavy atom. The zero-order valence-corrected chi connectivity index (χ0v) is 34.5. The molecule has 6 fully saturated rings. The van der Waals surface area contributed by atoms with E-state index in [9.17, 15) is 4.91 Å². The van der Waals surface area contributed by atoms with Gasteiger partial charge in [0.1, 0.15) is 28.4 Å². The fourth-order valence-corrected chi connectivity index (χ4v) is 11.8. The Morgan fingerprint density at radius 3 is 2.38 bits per heavy atom. The Hall–Kier alpha value is -4.81. The molecule has 11 rings (SSSR count). The molecule has 312 valence electrons. The molecule has 0 radical (unpaired) electrons. The number of nitrogens with zero attached hydrogens (tertiary/aromatic N) is 9. The van der Waals surface area contributed by atoms with E-state index in [1.165, 1.54) is 24.3 Å². The number of halogens is 2. The predicted molar refractivity (Wildman–Crippen MR) is 227 cm³/mol. The number of fused-ring (bicyclic) bond motifs is 7. The van der Waals surface area contributed by atoms with Crippen molar-refractivity contribution >= 4 is 44.1 Å². The van der Waals surface area contributed by atoms with Gasteiger partial charge >= 0.3 is 6.01 Å². The number of terminal acetylenes is 1. The number of piperazine rings is 1. The molecule has 0 amide bonds. The first-order valence-corrected chi connectivity index (χ1v) is 21.6. The van der Waals surface area contributed by atoms with Gasteiger partial charge in [-0.05, 0) is 97.7 Å². The van der Waals surface area contributed by atoms with Crippen LogP contribution < -0.4 is 9.64 Å². The summed E-state index contributed by atoms with van der Waals surface area (Å²) in [5.74, 6) is 3.89. The van der Waals surface area contributed by atoms with Crippen molar-refractivity contribution in [2.24, 2.45) is 35.4 Å². The van der Waals surface area contributed by atoms with Gasteiger partial charge < -0.3 is 24.2 Å². The molecule has 3 aromatic carbocycles. The van der Waals surface area contributed by atoms with E-state index < -0.39 is 11.6 Å². The van der Waals surface area contributed by atoms with Crippen molar-refractivity contribution < 1.29 is 18.3 Å². The van der Waals surface area contributed by atoms with Crippen molar-refractivity contribution in [1.82, 2.24) is 34.4 Å². The van der Waals surface area contributed by atoms with Gasteiger partial charge in [-0.15, -0.1) is 11.3 Å². The highest BCUT2D eigenvalue weighted by Crippen LogP contribution is 2.50. The minimum absolute atomic E-state index is 0.00497. The molecule has 0 N–H and O–H groups in total. The Bertz CT molecular complexity index is 2570. The third-order valence-corrected chi connectivity index (χ3v) is 14.9. The summed E-state index contributed by atoms with van der Waals surface area (Å²) in [4.78, 5) is 32.4. The number of methoxy groups -OCH3 is 1. The average Bonchev–Trinajstić information content (AvgIpc) is 3.36. The van der Waals surface area contributed by atoms with Crippen molar-refractivity contribution in [1.29, 1.82) is 0 Å².